The van der Waals surface area contributed by atoms with E-state index in [1.807, 2.05) is 45.1 Å². The molecular formula is C27H36O2. The van der Waals surface area contributed by atoms with Crippen LogP contribution in [0.4, 0.5) is 0 Å². The van der Waals surface area contributed by atoms with Gasteiger partial charge in [0.1, 0.15) is 17.6 Å². The van der Waals surface area contributed by atoms with Crippen LogP contribution in [0.25, 0.3) is 0 Å². The number of phenolic OH excluding ortho intramolecular Hbond substituents is 1. The maximum absolute atomic E-state index is 9.97. The molecule has 0 heterocycles. The summed E-state index contributed by atoms with van der Waals surface area (Å²) in [5, 5.41) is 9.97. The lowest BCUT2D eigenvalue weighted by molar-refractivity contribution is -0.0259. The number of hydrogen-bond acceptors (Lipinski definition) is 2. The largest absolute Gasteiger partial charge is 0.508 e. The Hall–Kier alpha value is -1.96. The summed E-state index contributed by atoms with van der Waals surface area (Å²) in [6.07, 6.45) is 15.9. The molecule has 1 aromatic rings. The van der Waals surface area contributed by atoms with E-state index in [9.17, 15) is 5.11 Å². The van der Waals surface area contributed by atoms with Gasteiger partial charge < -0.3 is 9.84 Å². The van der Waals surface area contributed by atoms with E-state index < -0.39 is 0 Å². The van der Waals surface area contributed by atoms with Crippen molar-refractivity contribution in [1.82, 2.24) is 0 Å². The first-order valence-corrected chi connectivity index (χ1v) is 11.6. The molecule has 5 rings (SSSR count). The molecule has 0 amide bonds. The minimum atomic E-state index is 0.235. The molecule has 2 nitrogen and oxygen atoms in total. The Morgan fingerprint density at radius 1 is 1.21 bits per heavy atom. The second-order valence-corrected chi connectivity index (χ2v) is 9.08. The lowest BCUT2D eigenvalue weighted by Gasteiger charge is -2.49. The van der Waals surface area contributed by atoms with Crippen molar-refractivity contribution in [1.29, 1.82) is 0 Å². The van der Waals surface area contributed by atoms with Crippen LogP contribution in [-0.4, -0.2) is 11.2 Å². The Bertz CT molecular complexity index is 820. The van der Waals surface area contributed by atoms with Crippen LogP contribution >= 0.6 is 0 Å². The number of aromatic hydroxyl groups is 1. The number of allylic oxidation sites excluding steroid dienone is 4. The SMILES string of the molecule is C=C/C=C\C(=C/C)O[C@H]1CC23CC2CCC3C2CCc3cc(O)ccc3[C@H]21.CC. The van der Waals surface area contributed by atoms with Gasteiger partial charge in [0, 0.05) is 5.92 Å². The van der Waals surface area contributed by atoms with Crippen LogP contribution in [0.5, 0.6) is 5.75 Å². The van der Waals surface area contributed by atoms with E-state index in [0.717, 1.165) is 29.9 Å². The number of hydrogen-bond donors (Lipinski definition) is 1. The highest BCUT2D eigenvalue weighted by Crippen LogP contribution is 2.75. The minimum absolute atomic E-state index is 0.235. The van der Waals surface area contributed by atoms with Gasteiger partial charge in [0.15, 0.2) is 0 Å². The molecule has 4 unspecified atom stereocenters. The molecule has 0 radical (unpaired) electrons. The van der Waals surface area contributed by atoms with E-state index in [4.69, 9.17) is 4.74 Å². The van der Waals surface area contributed by atoms with Crippen LogP contribution in [0.3, 0.4) is 0 Å². The molecule has 1 N–H and O–H groups in total. The Balaban J connectivity index is 0.000000994. The summed E-state index contributed by atoms with van der Waals surface area (Å²) in [6.45, 7) is 9.83. The van der Waals surface area contributed by atoms with Gasteiger partial charge in [-0.1, -0.05) is 38.6 Å². The number of fused-ring (bicyclic) bond motifs is 4. The summed E-state index contributed by atoms with van der Waals surface area (Å²) < 4.78 is 6.66. The first-order valence-electron chi connectivity index (χ1n) is 11.6. The molecule has 1 aromatic carbocycles. The summed E-state index contributed by atoms with van der Waals surface area (Å²) in [4.78, 5) is 0. The van der Waals surface area contributed by atoms with E-state index in [0.29, 0.717) is 17.1 Å². The number of rotatable bonds is 4. The second kappa shape index (κ2) is 8.05. The van der Waals surface area contributed by atoms with Crippen LogP contribution < -0.4 is 0 Å². The smallest absolute Gasteiger partial charge is 0.115 e. The van der Waals surface area contributed by atoms with Crippen LogP contribution in [-0.2, 0) is 11.2 Å². The van der Waals surface area contributed by atoms with Gasteiger partial charge in [-0.2, -0.15) is 0 Å². The zero-order valence-corrected chi connectivity index (χ0v) is 18.2. The molecular weight excluding hydrogens is 356 g/mol. The van der Waals surface area contributed by atoms with Crippen molar-refractivity contribution in [3.8, 4) is 5.75 Å². The van der Waals surface area contributed by atoms with Gasteiger partial charge in [0.25, 0.3) is 0 Å². The van der Waals surface area contributed by atoms with E-state index >= 15 is 0 Å². The van der Waals surface area contributed by atoms with E-state index in [-0.39, 0.29) is 6.10 Å². The Kier molecular flexibility index (Phi) is 5.64. The first kappa shape index (κ1) is 20.3. The van der Waals surface area contributed by atoms with E-state index in [1.54, 1.807) is 6.08 Å². The number of benzene rings is 1. The molecule has 4 aliphatic rings. The van der Waals surface area contributed by atoms with Gasteiger partial charge in [-0.3, -0.25) is 0 Å². The summed E-state index contributed by atoms with van der Waals surface area (Å²) in [7, 11) is 0. The molecule has 1 spiro atoms. The molecule has 3 fully saturated rings. The monoisotopic (exact) mass is 392 g/mol. The van der Waals surface area contributed by atoms with Crippen molar-refractivity contribution in [3.05, 3.63) is 66.0 Å². The Labute approximate surface area is 176 Å². The molecule has 3 saturated carbocycles. The zero-order chi connectivity index (χ0) is 20.6. The van der Waals surface area contributed by atoms with E-state index in [2.05, 4.69) is 18.7 Å². The predicted molar refractivity (Wildman–Crippen MR) is 120 cm³/mol. The standard InChI is InChI=1S/C25H30O2.C2H6/c1-3-5-6-19(4-2)27-23-15-25-14-17(25)8-12-22(25)21-10-7-16-13-18(26)9-11-20(16)24(21)23;1-2/h3-6,9,11,13,17,21-24,26H,1,7-8,10,12,14-15H2,2H3;1-2H3/b6-5-,19-4+;/t17?,21?,22?,23-,24+,25?;/m0./s1. The van der Waals surface area contributed by atoms with Crippen molar-refractivity contribution >= 4 is 0 Å². The number of aryl methyl sites for hydroxylation is 1. The van der Waals surface area contributed by atoms with Crippen molar-refractivity contribution in [2.75, 3.05) is 0 Å². The fraction of sp³-hybridized carbons (Fsp3) is 0.556. The molecule has 29 heavy (non-hydrogen) atoms. The third kappa shape index (κ3) is 3.35. The lowest BCUT2D eigenvalue weighted by Crippen LogP contribution is -2.45. The van der Waals surface area contributed by atoms with Gasteiger partial charge in [0.2, 0.25) is 0 Å². The van der Waals surface area contributed by atoms with Gasteiger partial charge in [-0.25, -0.2) is 0 Å². The molecule has 156 valence electrons. The molecule has 6 atom stereocenters. The molecule has 0 aliphatic heterocycles. The van der Waals surface area contributed by atoms with Gasteiger partial charge in [0.05, 0.1) is 0 Å². The number of phenols is 1. The third-order valence-electron chi connectivity index (χ3n) is 8.01. The fourth-order valence-electron chi connectivity index (χ4n) is 6.90. The van der Waals surface area contributed by atoms with Crippen LogP contribution in [0.15, 0.2) is 54.8 Å². The topological polar surface area (TPSA) is 29.5 Å². The molecule has 0 bridgehead atoms. The highest BCUT2D eigenvalue weighted by molar-refractivity contribution is 5.41. The zero-order valence-electron chi connectivity index (χ0n) is 18.2. The summed E-state index contributed by atoms with van der Waals surface area (Å²) >= 11 is 0. The van der Waals surface area contributed by atoms with Crippen LogP contribution in [0.1, 0.15) is 69.9 Å². The van der Waals surface area contributed by atoms with Gasteiger partial charge in [-0.15, -0.1) is 0 Å². The van der Waals surface area contributed by atoms with Crippen molar-refractivity contribution in [3.63, 3.8) is 0 Å². The Morgan fingerprint density at radius 2 is 2.03 bits per heavy atom. The molecule has 0 saturated heterocycles. The fourth-order valence-corrected chi connectivity index (χ4v) is 6.90. The van der Waals surface area contributed by atoms with Gasteiger partial charge >= 0.3 is 0 Å². The first-order chi connectivity index (χ1) is 14.2. The van der Waals surface area contributed by atoms with Gasteiger partial charge in [-0.05, 0) is 104 Å². The summed E-state index contributed by atoms with van der Waals surface area (Å²) in [5.74, 6) is 4.37. The number of ether oxygens (including phenoxy) is 1. The van der Waals surface area contributed by atoms with Crippen molar-refractivity contribution in [2.24, 2.45) is 23.2 Å². The lowest BCUT2D eigenvalue weighted by atomic mass is 9.57. The van der Waals surface area contributed by atoms with Crippen LogP contribution in [0, 0.1) is 23.2 Å². The summed E-state index contributed by atoms with van der Waals surface area (Å²) in [5.41, 5.74) is 3.33. The summed E-state index contributed by atoms with van der Waals surface area (Å²) in [6, 6.07) is 6.02. The molecule has 2 heteroatoms. The van der Waals surface area contributed by atoms with Crippen molar-refractivity contribution in [2.45, 2.75) is 71.3 Å². The van der Waals surface area contributed by atoms with Crippen LogP contribution in [0.2, 0.25) is 0 Å². The molecule has 4 aliphatic carbocycles. The minimum Gasteiger partial charge on any atom is -0.508 e. The third-order valence-corrected chi connectivity index (χ3v) is 8.01. The Morgan fingerprint density at radius 3 is 2.76 bits per heavy atom. The average molecular weight is 393 g/mol. The maximum atomic E-state index is 9.97. The maximum Gasteiger partial charge on any atom is 0.115 e. The highest BCUT2D eigenvalue weighted by Gasteiger charge is 2.68. The quantitative estimate of drug-likeness (QED) is 0.445. The normalized spacial score (nSPS) is 36.8. The molecule has 0 aromatic heterocycles. The second-order valence-electron chi connectivity index (χ2n) is 9.08. The average Bonchev–Trinajstić information content (AvgIpc) is 3.32. The predicted octanol–water partition coefficient (Wildman–Crippen LogP) is 6.92. The van der Waals surface area contributed by atoms with E-state index in [1.165, 1.54) is 43.2 Å². The van der Waals surface area contributed by atoms with Crippen molar-refractivity contribution < 1.29 is 9.84 Å². The highest BCUT2D eigenvalue weighted by atomic mass is 16.5.